The highest BCUT2D eigenvalue weighted by molar-refractivity contribution is 9.10. The summed E-state index contributed by atoms with van der Waals surface area (Å²) in [5.74, 6) is -0.376. The molecule has 18 heavy (non-hydrogen) atoms. The number of primary amides is 1. The Labute approximate surface area is 111 Å². The van der Waals surface area contributed by atoms with Crippen LogP contribution in [0.25, 0.3) is 11.0 Å². The fourth-order valence-corrected chi connectivity index (χ4v) is 2.06. The number of halogens is 1. The monoisotopic (exact) mass is 311 g/mol. The number of amides is 1. The van der Waals surface area contributed by atoms with Gasteiger partial charge in [-0.25, -0.2) is 4.79 Å². The Hall–Kier alpha value is -1.82. The van der Waals surface area contributed by atoms with Crippen molar-refractivity contribution in [1.29, 1.82) is 0 Å². The van der Waals surface area contributed by atoms with Crippen LogP contribution in [0.1, 0.15) is 17.3 Å². The van der Waals surface area contributed by atoms with Crippen molar-refractivity contribution in [2.24, 2.45) is 5.73 Å². The van der Waals surface area contributed by atoms with Gasteiger partial charge in [0.1, 0.15) is 5.56 Å². The molecule has 2 rings (SSSR count). The van der Waals surface area contributed by atoms with Crippen LogP contribution in [0.4, 0.5) is 0 Å². The summed E-state index contributed by atoms with van der Waals surface area (Å²) < 4.78 is 11.2. The number of hydrogen-bond donors (Lipinski definition) is 1. The van der Waals surface area contributed by atoms with E-state index in [-0.39, 0.29) is 5.56 Å². The van der Waals surface area contributed by atoms with Crippen molar-refractivity contribution in [3.63, 3.8) is 0 Å². The smallest absolute Gasteiger partial charge is 0.349 e. The minimum Gasteiger partial charge on any atom is -0.490 e. The molecule has 6 heteroatoms. The highest BCUT2D eigenvalue weighted by Crippen LogP contribution is 2.29. The largest absolute Gasteiger partial charge is 0.490 e. The van der Waals surface area contributed by atoms with Gasteiger partial charge in [-0.3, -0.25) is 4.79 Å². The summed E-state index contributed by atoms with van der Waals surface area (Å²) in [4.78, 5) is 22.7. The van der Waals surface area contributed by atoms with Crippen molar-refractivity contribution in [3.05, 3.63) is 38.7 Å². The number of carbonyl (C=O) groups excluding carboxylic acids is 1. The van der Waals surface area contributed by atoms with Gasteiger partial charge < -0.3 is 14.9 Å². The van der Waals surface area contributed by atoms with Crippen molar-refractivity contribution < 1.29 is 13.9 Å². The summed E-state index contributed by atoms with van der Waals surface area (Å²) >= 11 is 3.32. The van der Waals surface area contributed by atoms with Crippen LogP contribution in [-0.2, 0) is 0 Å². The van der Waals surface area contributed by atoms with Crippen molar-refractivity contribution >= 4 is 32.8 Å². The molecule has 0 fully saturated rings. The average molecular weight is 312 g/mol. The fraction of sp³-hybridized carbons (Fsp3) is 0.167. The first-order valence-corrected chi connectivity index (χ1v) is 6.02. The van der Waals surface area contributed by atoms with E-state index in [1.807, 2.05) is 6.92 Å². The lowest BCUT2D eigenvalue weighted by molar-refractivity contribution is 0.0997. The molecule has 1 aromatic heterocycles. The van der Waals surface area contributed by atoms with Gasteiger partial charge in [-0.1, -0.05) is 15.9 Å². The van der Waals surface area contributed by atoms with Crippen molar-refractivity contribution in [2.45, 2.75) is 6.92 Å². The fourth-order valence-electron chi connectivity index (χ4n) is 1.60. The van der Waals surface area contributed by atoms with Gasteiger partial charge in [-0.2, -0.15) is 0 Å². The lowest BCUT2D eigenvalue weighted by Gasteiger charge is -2.07. The van der Waals surface area contributed by atoms with Crippen LogP contribution >= 0.6 is 15.9 Å². The molecule has 0 saturated heterocycles. The first kappa shape index (κ1) is 12.6. The number of hydrogen-bond acceptors (Lipinski definition) is 4. The van der Waals surface area contributed by atoms with Crippen molar-refractivity contribution in [2.75, 3.05) is 6.61 Å². The number of nitrogens with two attached hydrogens (primary N) is 1. The predicted octanol–water partition coefficient (Wildman–Crippen LogP) is 2.05. The van der Waals surface area contributed by atoms with Crippen LogP contribution in [-0.4, -0.2) is 12.5 Å². The number of benzene rings is 1. The minimum absolute atomic E-state index is 0.178. The molecule has 5 nitrogen and oxygen atoms in total. The maximum atomic E-state index is 11.6. The second kappa shape index (κ2) is 4.81. The van der Waals surface area contributed by atoms with Crippen molar-refractivity contribution in [1.82, 2.24) is 0 Å². The van der Waals surface area contributed by atoms with Gasteiger partial charge in [0.2, 0.25) is 0 Å². The Kier molecular flexibility index (Phi) is 3.38. The summed E-state index contributed by atoms with van der Waals surface area (Å²) in [6.45, 7) is 2.26. The lowest BCUT2D eigenvalue weighted by Crippen LogP contribution is -2.20. The second-order valence-electron chi connectivity index (χ2n) is 3.57. The lowest BCUT2D eigenvalue weighted by atomic mass is 10.1. The summed E-state index contributed by atoms with van der Waals surface area (Å²) in [5.41, 5.74) is 4.46. The molecule has 0 saturated carbocycles. The topological polar surface area (TPSA) is 82.5 Å². The third kappa shape index (κ3) is 2.24. The van der Waals surface area contributed by atoms with Crippen LogP contribution < -0.4 is 16.1 Å². The molecule has 0 spiro atoms. The average Bonchev–Trinajstić information content (AvgIpc) is 2.29. The number of ether oxygens (including phenoxy) is 1. The Morgan fingerprint density at radius 3 is 2.78 bits per heavy atom. The Balaban J connectivity index is 2.79. The molecule has 0 radical (unpaired) electrons. The van der Waals surface area contributed by atoms with Gasteiger partial charge in [0, 0.05) is 9.86 Å². The molecule has 1 amide bonds. The van der Waals surface area contributed by atoms with E-state index in [0.717, 1.165) is 4.47 Å². The zero-order valence-corrected chi connectivity index (χ0v) is 11.1. The van der Waals surface area contributed by atoms with E-state index in [4.69, 9.17) is 14.9 Å². The van der Waals surface area contributed by atoms with Crippen molar-refractivity contribution in [3.8, 4) is 5.75 Å². The maximum absolute atomic E-state index is 11.6. The minimum atomic E-state index is -0.816. The summed E-state index contributed by atoms with van der Waals surface area (Å²) in [7, 11) is 0. The van der Waals surface area contributed by atoms with E-state index in [2.05, 4.69) is 15.9 Å². The van der Waals surface area contributed by atoms with Crippen LogP contribution in [0, 0.1) is 0 Å². The molecular formula is C12H10BrNO4. The summed E-state index contributed by atoms with van der Waals surface area (Å²) in [5, 5.41) is 0.571. The van der Waals surface area contributed by atoms with Gasteiger partial charge in [-0.15, -0.1) is 0 Å². The molecule has 0 atom stereocenters. The predicted molar refractivity (Wildman–Crippen MR) is 69.9 cm³/mol. The van der Waals surface area contributed by atoms with Gasteiger partial charge in [-0.05, 0) is 25.1 Å². The molecule has 0 aliphatic carbocycles. The Morgan fingerprint density at radius 2 is 2.17 bits per heavy atom. The maximum Gasteiger partial charge on any atom is 0.349 e. The van der Waals surface area contributed by atoms with Gasteiger partial charge in [0.15, 0.2) is 11.3 Å². The van der Waals surface area contributed by atoms with E-state index in [9.17, 15) is 9.59 Å². The molecule has 0 bridgehead atoms. The number of carbonyl (C=O) groups is 1. The highest BCUT2D eigenvalue weighted by atomic mass is 79.9. The zero-order valence-electron chi connectivity index (χ0n) is 9.53. The second-order valence-corrected chi connectivity index (χ2v) is 4.48. The van der Waals surface area contributed by atoms with E-state index < -0.39 is 11.5 Å². The standard InChI is InChI=1S/C12H10BrNO4/c1-2-17-9-5-7(13)3-6-4-8(11(14)15)12(16)18-10(6)9/h3-5H,2H2,1H3,(H2,14,15). The van der Waals surface area contributed by atoms with E-state index >= 15 is 0 Å². The normalized spacial score (nSPS) is 10.6. The van der Waals surface area contributed by atoms with Gasteiger partial charge in [0.05, 0.1) is 6.61 Å². The third-order valence-corrected chi connectivity index (χ3v) is 2.79. The molecule has 0 aliphatic rings. The van der Waals surface area contributed by atoms with Gasteiger partial charge >= 0.3 is 5.63 Å². The molecule has 0 unspecified atom stereocenters. The first-order chi connectivity index (χ1) is 8.52. The molecule has 0 aliphatic heterocycles. The van der Waals surface area contributed by atoms with Gasteiger partial charge in [0.25, 0.3) is 5.91 Å². The Bertz CT molecular complexity index is 678. The molecule has 1 aromatic carbocycles. The molecule has 94 valence electrons. The van der Waals surface area contributed by atoms with Crippen LogP contribution in [0.2, 0.25) is 0 Å². The third-order valence-electron chi connectivity index (χ3n) is 2.33. The van der Waals surface area contributed by atoms with E-state index in [1.165, 1.54) is 6.07 Å². The Morgan fingerprint density at radius 1 is 1.44 bits per heavy atom. The van der Waals surface area contributed by atoms with E-state index in [1.54, 1.807) is 12.1 Å². The molecule has 2 aromatic rings. The molecular weight excluding hydrogens is 302 g/mol. The highest BCUT2D eigenvalue weighted by Gasteiger charge is 2.14. The SMILES string of the molecule is CCOc1cc(Br)cc2cc(C(N)=O)c(=O)oc12. The summed E-state index contributed by atoms with van der Waals surface area (Å²) in [6, 6.07) is 4.81. The number of fused-ring (bicyclic) bond motifs is 1. The van der Waals surface area contributed by atoms with Crippen LogP contribution in [0.3, 0.4) is 0 Å². The van der Waals surface area contributed by atoms with Crippen LogP contribution in [0.5, 0.6) is 5.75 Å². The zero-order chi connectivity index (χ0) is 13.3. The summed E-state index contributed by atoms with van der Waals surface area (Å²) in [6.07, 6.45) is 0. The first-order valence-electron chi connectivity index (χ1n) is 5.23. The molecule has 2 N–H and O–H groups in total. The quantitative estimate of drug-likeness (QED) is 0.879. The molecule has 1 heterocycles. The number of rotatable bonds is 3. The van der Waals surface area contributed by atoms with E-state index in [0.29, 0.717) is 23.3 Å². The van der Waals surface area contributed by atoms with Crippen LogP contribution in [0.15, 0.2) is 31.9 Å².